The Kier molecular flexibility index (Phi) is 8.59. The number of nitrogens with zero attached hydrogens (tertiary/aromatic N) is 2. The monoisotopic (exact) mass is 557 g/mol. The van der Waals surface area contributed by atoms with Crippen LogP contribution in [-0.2, 0) is 21.4 Å². The number of carbonyl (C=O) groups is 2. The van der Waals surface area contributed by atoms with Crippen molar-refractivity contribution >= 4 is 50.9 Å². The Hall–Kier alpha value is -2.85. The van der Waals surface area contributed by atoms with Gasteiger partial charge in [0, 0.05) is 35.9 Å². The molecule has 3 aromatic carbocycles. The third kappa shape index (κ3) is 6.18. The number of halogens is 1. The van der Waals surface area contributed by atoms with Gasteiger partial charge in [0.05, 0.1) is 10.6 Å². The molecule has 7 nitrogen and oxygen atoms in total. The first-order valence-electron chi connectivity index (χ1n) is 11.9. The van der Waals surface area contributed by atoms with Gasteiger partial charge in [0.1, 0.15) is 5.37 Å². The van der Waals surface area contributed by atoms with Crippen LogP contribution >= 0.6 is 23.4 Å². The molecule has 1 atom stereocenters. The van der Waals surface area contributed by atoms with Crippen LogP contribution in [0, 0.1) is 0 Å². The third-order valence-electron chi connectivity index (χ3n) is 6.15. The van der Waals surface area contributed by atoms with E-state index in [2.05, 4.69) is 5.32 Å². The number of amides is 2. The van der Waals surface area contributed by atoms with Crippen molar-refractivity contribution in [1.82, 2.24) is 9.21 Å². The number of rotatable bonds is 9. The Balaban J connectivity index is 1.42. The van der Waals surface area contributed by atoms with Gasteiger partial charge in [-0.15, -0.1) is 11.8 Å². The lowest BCUT2D eigenvalue weighted by molar-refractivity contribution is -0.128. The Labute approximate surface area is 226 Å². The first-order chi connectivity index (χ1) is 17.7. The van der Waals surface area contributed by atoms with Crippen LogP contribution in [0.2, 0.25) is 5.02 Å². The second-order valence-electron chi connectivity index (χ2n) is 8.50. The minimum absolute atomic E-state index is 0.0678. The van der Waals surface area contributed by atoms with Crippen LogP contribution in [0.4, 0.5) is 5.69 Å². The van der Waals surface area contributed by atoms with Gasteiger partial charge in [-0.3, -0.25) is 9.59 Å². The minimum atomic E-state index is -3.56. The van der Waals surface area contributed by atoms with E-state index in [4.69, 9.17) is 11.6 Å². The SMILES string of the molecule is CCN(CC)S(=O)(=O)c1ccc(NC(=O)c2ccc([C@H]3SCC(=O)N3Cc3ccc(Cl)cc3)cc2)cc1. The van der Waals surface area contributed by atoms with Gasteiger partial charge in [0.25, 0.3) is 5.91 Å². The van der Waals surface area contributed by atoms with Gasteiger partial charge in [-0.25, -0.2) is 8.42 Å². The zero-order valence-electron chi connectivity index (χ0n) is 20.6. The highest BCUT2D eigenvalue weighted by molar-refractivity contribution is 8.00. The van der Waals surface area contributed by atoms with Gasteiger partial charge in [-0.2, -0.15) is 4.31 Å². The quantitative estimate of drug-likeness (QED) is 0.381. The Morgan fingerprint density at radius 2 is 1.62 bits per heavy atom. The predicted molar refractivity (Wildman–Crippen MR) is 148 cm³/mol. The van der Waals surface area contributed by atoms with Gasteiger partial charge in [0.15, 0.2) is 0 Å². The normalized spacial score (nSPS) is 15.8. The lowest BCUT2D eigenvalue weighted by Gasteiger charge is -2.24. The van der Waals surface area contributed by atoms with E-state index in [0.717, 1.165) is 11.1 Å². The fourth-order valence-electron chi connectivity index (χ4n) is 4.11. The highest BCUT2D eigenvalue weighted by Crippen LogP contribution is 2.39. The molecule has 1 heterocycles. The van der Waals surface area contributed by atoms with E-state index in [1.165, 1.54) is 16.4 Å². The molecule has 0 radical (unpaired) electrons. The molecule has 0 aromatic heterocycles. The lowest BCUT2D eigenvalue weighted by atomic mass is 10.1. The first kappa shape index (κ1) is 27.2. The molecule has 0 unspecified atom stereocenters. The van der Waals surface area contributed by atoms with Crippen molar-refractivity contribution in [2.75, 3.05) is 24.2 Å². The summed E-state index contributed by atoms with van der Waals surface area (Å²) in [5.74, 6) is 0.165. The predicted octanol–water partition coefficient (Wildman–Crippen LogP) is 5.40. The van der Waals surface area contributed by atoms with Crippen molar-refractivity contribution < 1.29 is 18.0 Å². The van der Waals surface area contributed by atoms with E-state index in [9.17, 15) is 18.0 Å². The maximum Gasteiger partial charge on any atom is 0.255 e. The molecule has 1 aliphatic rings. The number of hydrogen-bond acceptors (Lipinski definition) is 5. The van der Waals surface area contributed by atoms with E-state index in [1.54, 1.807) is 49.9 Å². The Morgan fingerprint density at radius 1 is 1.00 bits per heavy atom. The molecule has 2 amide bonds. The van der Waals surface area contributed by atoms with Gasteiger partial charge in [-0.05, 0) is 59.7 Å². The van der Waals surface area contributed by atoms with Crippen molar-refractivity contribution in [3.05, 3.63) is 94.5 Å². The molecule has 0 bridgehead atoms. The number of benzene rings is 3. The summed E-state index contributed by atoms with van der Waals surface area (Å²) in [6, 6.07) is 20.8. The van der Waals surface area contributed by atoms with E-state index in [-0.39, 0.29) is 22.1 Å². The minimum Gasteiger partial charge on any atom is -0.322 e. The highest BCUT2D eigenvalue weighted by atomic mass is 35.5. The number of nitrogens with one attached hydrogen (secondary N) is 1. The molecule has 4 rings (SSSR count). The van der Waals surface area contributed by atoms with Crippen molar-refractivity contribution in [3.8, 4) is 0 Å². The van der Waals surface area contributed by atoms with Crippen molar-refractivity contribution in [3.63, 3.8) is 0 Å². The van der Waals surface area contributed by atoms with Crippen LogP contribution < -0.4 is 5.32 Å². The molecular formula is C27H28ClN3O4S2. The molecule has 3 aromatic rings. The summed E-state index contributed by atoms with van der Waals surface area (Å²) in [5.41, 5.74) is 2.89. The second kappa shape index (κ2) is 11.7. The Bertz CT molecular complexity index is 1360. The van der Waals surface area contributed by atoms with E-state index in [1.807, 2.05) is 41.3 Å². The van der Waals surface area contributed by atoms with Crippen LogP contribution in [0.25, 0.3) is 0 Å². The van der Waals surface area contributed by atoms with Gasteiger partial charge in [-0.1, -0.05) is 49.7 Å². The first-order valence-corrected chi connectivity index (χ1v) is 14.8. The summed E-state index contributed by atoms with van der Waals surface area (Å²) in [7, 11) is -3.56. The van der Waals surface area contributed by atoms with Crippen molar-refractivity contribution in [1.29, 1.82) is 0 Å². The van der Waals surface area contributed by atoms with Crippen LogP contribution in [0.3, 0.4) is 0 Å². The van der Waals surface area contributed by atoms with Gasteiger partial charge >= 0.3 is 0 Å². The maximum absolute atomic E-state index is 12.8. The van der Waals surface area contributed by atoms with E-state index >= 15 is 0 Å². The summed E-state index contributed by atoms with van der Waals surface area (Å²) in [5, 5.41) is 3.32. The van der Waals surface area contributed by atoms with Crippen LogP contribution in [0.1, 0.15) is 40.7 Å². The third-order valence-corrected chi connectivity index (χ3v) is 9.72. The average Bonchev–Trinajstić information content (AvgIpc) is 3.26. The smallest absolute Gasteiger partial charge is 0.255 e. The Morgan fingerprint density at radius 3 is 2.22 bits per heavy atom. The molecule has 194 valence electrons. The molecule has 10 heteroatoms. The van der Waals surface area contributed by atoms with Crippen LogP contribution in [0.5, 0.6) is 0 Å². The number of thioether (sulfide) groups is 1. The summed E-state index contributed by atoms with van der Waals surface area (Å²) >= 11 is 7.53. The van der Waals surface area contributed by atoms with Crippen LogP contribution in [-0.4, -0.2) is 48.3 Å². The van der Waals surface area contributed by atoms with Gasteiger partial charge < -0.3 is 10.2 Å². The summed E-state index contributed by atoms with van der Waals surface area (Å²) in [6.07, 6.45) is 0. The van der Waals surface area contributed by atoms with E-state index in [0.29, 0.717) is 41.7 Å². The molecule has 1 saturated heterocycles. The molecule has 1 N–H and O–H groups in total. The van der Waals surface area contributed by atoms with Crippen molar-refractivity contribution in [2.24, 2.45) is 0 Å². The molecule has 0 spiro atoms. The fraction of sp³-hybridized carbons (Fsp3) is 0.259. The number of sulfonamides is 1. The summed E-state index contributed by atoms with van der Waals surface area (Å²) in [4.78, 5) is 27.4. The molecule has 0 aliphatic carbocycles. The zero-order chi connectivity index (χ0) is 26.6. The zero-order valence-corrected chi connectivity index (χ0v) is 22.9. The average molecular weight is 558 g/mol. The summed E-state index contributed by atoms with van der Waals surface area (Å²) in [6.45, 7) is 4.85. The maximum atomic E-state index is 12.8. The molecular weight excluding hydrogens is 530 g/mol. The number of anilines is 1. The fourth-order valence-corrected chi connectivity index (χ4v) is 6.88. The lowest BCUT2D eigenvalue weighted by Crippen LogP contribution is -2.30. The topological polar surface area (TPSA) is 86.8 Å². The highest BCUT2D eigenvalue weighted by Gasteiger charge is 2.32. The second-order valence-corrected chi connectivity index (χ2v) is 11.9. The van der Waals surface area contributed by atoms with Crippen LogP contribution in [0.15, 0.2) is 77.7 Å². The molecule has 1 fully saturated rings. The molecule has 0 saturated carbocycles. The van der Waals surface area contributed by atoms with Crippen molar-refractivity contribution in [2.45, 2.75) is 30.7 Å². The number of hydrogen-bond donors (Lipinski definition) is 1. The standard InChI is InChI=1S/C27H28ClN3O4S2/c1-3-30(4-2)37(34,35)24-15-13-23(14-16-24)29-26(33)20-7-9-21(10-8-20)27-31(25(32)18-36-27)17-19-5-11-22(28)12-6-19/h5-16,27H,3-4,17-18H2,1-2H3,(H,29,33)/t27-/m1/s1. The largest absolute Gasteiger partial charge is 0.322 e. The number of carbonyl (C=O) groups excluding carboxylic acids is 2. The van der Waals surface area contributed by atoms with Gasteiger partial charge in [0.2, 0.25) is 15.9 Å². The summed E-state index contributed by atoms with van der Waals surface area (Å²) < 4.78 is 26.7. The molecule has 1 aliphatic heterocycles. The molecule has 37 heavy (non-hydrogen) atoms. The van der Waals surface area contributed by atoms with E-state index < -0.39 is 10.0 Å².